The smallest absolute Gasteiger partial charge is 0.227 e. The summed E-state index contributed by atoms with van der Waals surface area (Å²) < 4.78 is 12.1. The van der Waals surface area contributed by atoms with E-state index in [0.717, 1.165) is 55.8 Å². The molecule has 0 amide bonds. The van der Waals surface area contributed by atoms with Crippen molar-refractivity contribution in [1.29, 1.82) is 0 Å². The molecule has 5 heteroatoms. The topological polar surface area (TPSA) is 55.3 Å². The van der Waals surface area contributed by atoms with Gasteiger partial charge in [-0.25, -0.2) is 9.97 Å². The fourth-order valence-electron chi connectivity index (χ4n) is 6.87. The van der Waals surface area contributed by atoms with Crippen LogP contribution in [0.3, 0.4) is 0 Å². The molecule has 8 aromatic carbocycles. The Labute approximate surface area is 293 Å². The SMILES string of the molecule is c1ccc2cc(-c3ccc4cc(N(c5ccc(-c6nc7ccccc7o6)cc5)c5ccc(-c6nc7ccccc7o6)cc5)ccc4c3)ccc2c1. The lowest BCUT2D eigenvalue weighted by Gasteiger charge is -2.26. The normalized spacial score (nSPS) is 11.5. The van der Waals surface area contributed by atoms with Crippen molar-refractivity contribution in [3.05, 3.63) is 176 Å². The Kier molecular flexibility index (Phi) is 6.74. The summed E-state index contributed by atoms with van der Waals surface area (Å²) in [5.74, 6) is 1.20. The van der Waals surface area contributed by atoms with Gasteiger partial charge in [0.15, 0.2) is 11.2 Å². The fraction of sp³-hybridized carbons (Fsp3) is 0. The molecule has 0 aliphatic rings. The standard InChI is InChI=1S/C46H29N3O2/c1-2-8-33-27-34(14-13-30(33)7-1)35-15-16-37-29-40(26-21-36(37)28-35)49(38-22-17-31(18-23-38)45-47-41-9-3-5-11-43(41)50-45)39-24-19-32(20-25-39)46-48-42-10-4-6-12-44(42)51-46/h1-29H. The van der Waals surface area contributed by atoms with E-state index in [-0.39, 0.29) is 0 Å². The van der Waals surface area contributed by atoms with Gasteiger partial charge in [0.05, 0.1) is 0 Å². The highest BCUT2D eigenvalue weighted by Crippen LogP contribution is 2.39. The number of anilines is 3. The molecule has 51 heavy (non-hydrogen) atoms. The Bertz CT molecular complexity index is 2680. The first-order chi connectivity index (χ1) is 25.2. The highest BCUT2D eigenvalue weighted by Gasteiger charge is 2.16. The van der Waals surface area contributed by atoms with Gasteiger partial charge in [-0.2, -0.15) is 0 Å². The number of benzene rings is 8. The maximum absolute atomic E-state index is 6.07. The van der Waals surface area contributed by atoms with Crippen molar-refractivity contribution < 1.29 is 8.83 Å². The largest absolute Gasteiger partial charge is 0.436 e. The molecule has 0 spiro atoms. The molecule has 0 aliphatic heterocycles. The van der Waals surface area contributed by atoms with Gasteiger partial charge in [0.25, 0.3) is 0 Å². The lowest BCUT2D eigenvalue weighted by molar-refractivity contribution is 0.619. The Balaban J connectivity index is 1.04. The predicted octanol–water partition coefficient (Wildman–Crippen LogP) is 12.7. The third-order valence-electron chi connectivity index (χ3n) is 9.50. The molecule has 0 fully saturated rings. The van der Waals surface area contributed by atoms with Crippen molar-refractivity contribution in [2.75, 3.05) is 4.90 Å². The number of nitrogens with zero attached hydrogens (tertiary/aromatic N) is 3. The van der Waals surface area contributed by atoms with Crippen LogP contribution in [0.1, 0.15) is 0 Å². The van der Waals surface area contributed by atoms with Gasteiger partial charge >= 0.3 is 0 Å². The number of hydrogen-bond donors (Lipinski definition) is 0. The molecule has 240 valence electrons. The molecule has 0 bridgehead atoms. The van der Waals surface area contributed by atoms with Crippen molar-refractivity contribution in [1.82, 2.24) is 9.97 Å². The molecular weight excluding hydrogens is 627 g/mol. The van der Waals surface area contributed by atoms with Crippen molar-refractivity contribution in [2.45, 2.75) is 0 Å². The van der Waals surface area contributed by atoms with Crippen molar-refractivity contribution in [3.8, 4) is 34.0 Å². The van der Waals surface area contributed by atoms with Gasteiger partial charge in [-0.3, -0.25) is 0 Å². The average Bonchev–Trinajstić information content (AvgIpc) is 3.83. The van der Waals surface area contributed by atoms with Gasteiger partial charge in [0, 0.05) is 28.2 Å². The highest BCUT2D eigenvalue weighted by atomic mass is 16.4. The molecule has 5 nitrogen and oxygen atoms in total. The van der Waals surface area contributed by atoms with Crippen LogP contribution in [-0.2, 0) is 0 Å². The first-order valence-corrected chi connectivity index (χ1v) is 17.0. The molecule has 2 aromatic heterocycles. The zero-order valence-corrected chi connectivity index (χ0v) is 27.4. The summed E-state index contributed by atoms with van der Waals surface area (Å²) in [6.45, 7) is 0. The van der Waals surface area contributed by atoms with E-state index in [1.807, 2.05) is 48.5 Å². The van der Waals surface area contributed by atoms with Gasteiger partial charge < -0.3 is 13.7 Å². The van der Waals surface area contributed by atoms with Crippen LogP contribution < -0.4 is 4.90 Å². The third-order valence-corrected chi connectivity index (χ3v) is 9.50. The number of hydrogen-bond acceptors (Lipinski definition) is 5. The number of oxazole rings is 2. The van der Waals surface area contributed by atoms with Gasteiger partial charge in [-0.15, -0.1) is 0 Å². The van der Waals surface area contributed by atoms with Gasteiger partial charge in [-0.1, -0.05) is 78.9 Å². The fourth-order valence-corrected chi connectivity index (χ4v) is 6.87. The van der Waals surface area contributed by atoms with Crippen LogP contribution >= 0.6 is 0 Å². The molecule has 2 heterocycles. The number of fused-ring (bicyclic) bond motifs is 4. The van der Waals surface area contributed by atoms with Crippen LogP contribution in [-0.4, -0.2) is 9.97 Å². The van der Waals surface area contributed by atoms with Crippen LogP contribution in [0.15, 0.2) is 185 Å². The van der Waals surface area contributed by atoms with Crippen LogP contribution in [0.2, 0.25) is 0 Å². The van der Waals surface area contributed by atoms with Gasteiger partial charge in [0.1, 0.15) is 11.0 Å². The van der Waals surface area contributed by atoms with E-state index in [9.17, 15) is 0 Å². The van der Waals surface area contributed by atoms with Crippen molar-refractivity contribution >= 4 is 60.8 Å². The van der Waals surface area contributed by atoms with Crippen LogP contribution in [0.4, 0.5) is 17.1 Å². The lowest BCUT2D eigenvalue weighted by Crippen LogP contribution is -2.09. The van der Waals surface area contributed by atoms with Crippen LogP contribution in [0, 0.1) is 0 Å². The van der Waals surface area contributed by atoms with Crippen molar-refractivity contribution in [2.24, 2.45) is 0 Å². The summed E-state index contributed by atoms with van der Waals surface area (Å²) in [6, 6.07) is 60.9. The Morgan fingerprint density at radius 2 is 0.745 bits per heavy atom. The minimum Gasteiger partial charge on any atom is -0.436 e. The minimum absolute atomic E-state index is 0.602. The summed E-state index contributed by atoms with van der Waals surface area (Å²) in [5, 5.41) is 4.83. The molecule has 0 aliphatic carbocycles. The van der Waals surface area contributed by atoms with E-state index in [0.29, 0.717) is 11.8 Å². The number of para-hydroxylation sites is 4. The maximum Gasteiger partial charge on any atom is 0.227 e. The van der Waals surface area contributed by atoms with E-state index in [1.54, 1.807) is 0 Å². The first kappa shape index (κ1) is 29.0. The quantitative estimate of drug-likeness (QED) is 0.178. The summed E-state index contributed by atoms with van der Waals surface area (Å²) in [6.07, 6.45) is 0. The zero-order valence-electron chi connectivity index (χ0n) is 27.4. The van der Waals surface area contributed by atoms with E-state index in [2.05, 4.69) is 132 Å². The molecule has 0 N–H and O–H groups in total. The first-order valence-electron chi connectivity index (χ1n) is 17.0. The highest BCUT2D eigenvalue weighted by molar-refractivity contribution is 5.94. The number of rotatable bonds is 6. The minimum atomic E-state index is 0.602. The molecule has 0 unspecified atom stereocenters. The molecule has 0 saturated heterocycles. The van der Waals surface area contributed by atoms with Gasteiger partial charge in [0.2, 0.25) is 11.8 Å². The molecule has 0 radical (unpaired) electrons. The molecule has 10 rings (SSSR count). The summed E-state index contributed by atoms with van der Waals surface area (Å²) in [7, 11) is 0. The Morgan fingerprint density at radius 3 is 1.31 bits per heavy atom. The predicted molar refractivity (Wildman–Crippen MR) is 208 cm³/mol. The Hall–Kier alpha value is -6.98. The maximum atomic E-state index is 6.07. The summed E-state index contributed by atoms with van der Waals surface area (Å²) in [5.41, 5.74) is 10.5. The van der Waals surface area contributed by atoms with Crippen LogP contribution in [0.25, 0.3) is 77.8 Å². The van der Waals surface area contributed by atoms with E-state index >= 15 is 0 Å². The second-order valence-corrected chi connectivity index (χ2v) is 12.7. The monoisotopic (exact) mass is 655 g/mol. The lowest BCUT2D eigenvalue weighted by atomic mass is 9.98. The van der Waals surface area contributed by atoms with Crippen LogP contribution in [0.5, 0.6) is 0 Å². The Morgan fingerprint density at radius 1 is 0.333 bits per heavy atom. The average molecular weight is 656 g/mol. The molecule has 0 saturated carbocycles. The molecule has 10 aromatic rings. The summed E-state index contributed by atoms with van der Waals surface area (Å²) >= 11 is 0. The molecular formula is C46H29N3O2. The zero-order chi connectivity index (χ0) is 33.7. The third kappa shape index (κ3) is 5.29. The van der Waals surface area contributed by atoms with E-state index < -0.39 is 0 Å². The second-order valence-electron chi connectivity index (χ2n) is 12.7. The van der Waals surface area contributed by atoms with E-state index in [4.69, 9.17) is 18.8 Å². The molecule has 0 atom stereocenters. The second kappa shape index (κ2) is 11.9. The number of aromatic nitrogens is 2. The van der Waals surface area contributed by atoms with Crippen molar-refractivity contribution in [3.63, 3.8) is 0 Å². The van der Waals surface area contributed by atoms with Gasteiger partial charge in [-0.05, 0) is 130 Å². The van der Waals surface area contributed by atoms with E-state index in [1.165, 1.54) is 27.3 Å². The summed E-state index contributed by atoms with van der Waals surface area (Å²) in [4.78, 5) is 11.7.